The summed E-state index contributed by atoms with van der Waals surface area (Å²) in [5.74, 6) is 2.00. The average molecular weight is 369 g/mol. The number of hydrogen-bond donors (Lipinski definition) is 1. The van der Waals surface area contributed by atoms with E-state index in [0.717, 1.165) is 22.7 Å². The van der Waals surface area contributed by atoms with Gasteiger partial charge in [0.2, 0.25) is 0 Å². The highest BCUT2D eigenvalue weighted by atomic mass is 35.5. The Morgan fingerprint density at radius 1 is 1.15 bits per heavy atom. The normalized spacial score (nSPS) is 11.2. The van der Waals surface area contributed by atoms with Gasteiger partial charge < -0.3 is 14.4 Å². The number of aromatic hydroxyl groups is 1. The van der Waals surface area contributed by atoms with Crippen LogP contribution in [0.5, 0.6) is 5.75 Å². The van der Waals surface area contributed by atoms with Crippen molar-refractivity contribution < 1.29 is 9.52 Å². The van der Waals surface area contributed by atoms with E-state index in [0.29, 0.717) is 23.2 Å². The maximum atomic E-state index is 9.41. The van der Waals surface area contributed by atoms with Crippen LogP contribution < -0.4 is 4.90 Å². The zero-order valence-electron chi connectivity index (χ0n) is 14.3. The molecule has 7 heteroatoms. The molecule has 2 aromatic heterocycles. The molecule has 0 saturated carbocycles. The molecule has 0 aliphatic carbocycles. The number of anilines is 1. The molecule has 0 spiro atoms. The molecule has 0 aliphatic heterocycles. The minimum Gasteiger partial charge on any atom is -0.508 e. The molecular formula is C19H17ClN4O2. The van der Waals surface area contributed by atoms with Crippen molar-refractivity contribution >= 4 is 23.1 Å². The molecule has 6 nitrogen and oxygen atoms in total. The van der Waals surface area contributed by atoms with Crippen LogP contribution in [0, 0.1) is 6.92 Å². The first-order valence-corrected chi connectivity index (χ1v) is 8.51. The number of oxazole rings is 1. The third-order valence-electron chi connectivity index (χ3n) is 4.30. The summed E-state index contributed by atoms with van der Waals surface area (Å²) in [6.45, 7) is 2.50. The van der Waals surface area contributed by atoms with Gasteiger partial charge >= 0.3 is 5.84 Å². The lowest BCUT2D eigenvalue weighted by Crippen LogP contribution is -2.16. The maximum absolute atomic E-state index is 9.41. The van der Waals surface area contributed by atoms with Crippen LogP contribution in [0.4, 0.5) is 5.69 Å². The van der Waals surface area contributed by atoms with Crippen molar-refractivity contribution in [2.45, 2.75) is 13.5 Å². The molecule has 0 aliphatic rings. The minimum absolute atomic E-state index is 0.242. The highest BCUT2D eigenvalue weighted by molar-refractivity contribution is 6.33. The molecule has 0 fully saturated rings. The van der Waals surface area contributed by atoms with Crippen LogP contribution >= 0.6 is 11.6 Å². The third kappa shape index (κ3) is 2.88. The standard InChI is InChI=1S/C19H17ClN4O2/c1-12-17(11-23(2)13-7-9-14(25)10-8-13)26-19-21-18(22-24(12)19)15-5-3-4-6-16(15)20/h3-10,25H,11H2,1-2H3. The lowest BCUT2D eigenvalue weighted by atomic mass is 10.2. The summed E-state index contributed by atoms with van der Waals surface area (Å²) in [5.41, 5.74) is 2.63. The second-order valence-electron chi connectivity index (χ2n) is 6.09. The second kappa shape index (κ2) is 6.38. The van der Waals surface area contributed by atoms with Gasteiger partial charge in [-0.15, -0.1) is 5.10 Å². The average Bonchev–Trinajstić information content (AvgIpc) is 3.16. The van der Waals surface area contributed by atoms with Crippen molar-refractivity contribution in [3.8, 4) is 17.1 Å². The Bertz CT molecular complexity index is 1070. The van der Waals surface area contributed by atoms with Crippen LogP contribution in [0.3, 0.4) is 0 Å². The molecule has 2 aromatic carbocycles. The van der Waals surface area contributed by atoms with Crippen molar-refractivity contribution in [1.82, 2.24) is 14.6 Å². The van der Waals surface area contributed by atoms with E-state index in [1.807, 2.05) is 55.3 Å². The van der Waals surface area contributed by atoms with E-state index >= 15 is 0 Å². The second-order valence-corrected chi connectivity index (χ2v) is 6.50. The summed E-state index contributed by atoms with van der Waals surface area (Å²) >= 11 is 6.23. The van der Waals surface area contributed by atoms with Crippen molar-refractivity contribution in [3.05, 3.63) is 65.0 Å². The molecule has 0 atom stereocenters. The van der Waals surface area contributed by atoms with E-state index in [1.54, 1.807) is 16.6 Å². The number of aromatic nitrogens is 3. The highest BCUT2D eigenvalue weighted by Crippen LogP contribution is 2.27. The largest absolute Gasteiger partial charge is 0.508 e. The number of phenolic OH excluding ortho intramolecular Hbond substituents is 1. The van der Waals surface area contributed by atoms with Gasteiger partial charge in [0.1, 0.15) is 11.5 Å². The molecule has 132 valence electrons. The quantitative estimate of drug-likeness (QED) is 0.582. The molecule has 26 heavy (non-hydrogen) atoms. The Balaban J connectivity index is 1.63. The SMILES string of the molecule is Cc1c(CN(C)c2ccc(O)cc2)oc2nc(-c3ccccc3Cl)nn12. The van der Waals surface area contributed by atoms with Crippen molar-refractivity contribution in [2.75, 3.05) is 11.9 Å². The van der Waals surface area contributed by atoms with Crippen molar-refractivity contribution in [2.24, 2.45) is 0 Å². The van der Waals surface area contributed by atoms with Crippen LogP contribution in [0.15, 0.2) is 52.9 Å². The third-order valence-corrected chi connectivity index (χ3v) is 4.63. The molecular weight excluding hydrogens is 352 g/mol. The predicted octanol–water partition coefficient (Wildman–Crippen LogP) is 4.29. The van der Waals surface area contributed by atoms with Crippen LogP contribution in [0.1, 0.15) is 11.5 Å². The topological polar surface area (TPSA) is 66.8 Å². The van der Waals surface area contributed by atoms with Gasteiger partial charge in [-0.2, -0.15) is 9.50 Å². The lowest BCUT2D eigenvalue weighted by Gasteiger charge is -2.18. The summed E-state index contributed by atoms with van der Waals surface area (Å²) < 4.78 is 7.61. The zero-order valence-corrected chi connectivity index (χ0v) is 15.1. The van der Waals surface area contributed by atoms with Gasteiger partial charge in [-0.05, 0) is 43.3 Å². The van der Waals surface area contributed by atoms with E-state index in [-0.39, 0.29) is 5.75 Å². The van der Waals surface area contributed by atoms with Gasteiger partial charge in [0.25, 0.3) is 0 Å². The van der Waals surface area contributed by atoms with Crippen molar-refractivity contribution in [3.63, 3.8) is 0 Å². The maximum Gasteiger partial charge on any atom is 0.325 e. The molecule has 0 amide bonds. The van der Waals surface area contributed by atoms with Crippen LogP contribution in [0.25, 0.3) is 17.2 Å². The van der Waals surface area contributed by atoms with E-state index in [4.69, 9.17) is 16.0 Å². The van der Waals surface area contributed by atoms with Crippen LogP contribution in [-0.2, 0) is 6.54 Å². The Morgan fingerprint density at radius 2 is 1.88 bits per heavy atom. The van der Waals surface area contributed by atoms with E-state index in [1.165, 1.54) is 0 Å². The number of halogens is 1. The smallest absolute Gasteiger partial charge is 0.325 e. The summed E-state index contributed by atoms with van der Waals surface area (Å²) in [6, 6.07) is 14.5. The van der Waals surface area contributed by atoms with E-state index < -0.39 is 0 Å². The fourth-order valence-corrected chi connectivity index (χ4v) is 3.02. The molecule has 0 unspecified atom stereocenters. The molecule has 4 rings (SSSR count). The molecule has 4 aromatic rings. The molecule has 0 radical (unpaired) electrons. The van der Waals surface area contributed by atoms with Crippen molar-refractivity contribution in [1.29, 1.82) is 0 Å². The number of rotatable bonds is 4. The van der Waals surface area contributed by atoms with Gasteiger partial charge in [-0.3, -0.25) is 0 Å². The number of benzene rings is 2. The van der Waals surface area contributed by atoms with E-state index in [2.05, 4.69) is 10.1 Å². The molecule has 0 saturated heterocycles. The Kier molecular flexibility index (Phi) is 4.05. The number of nitrogens with zero attached hydrogens (tertiary/aromatic N) is 4. The summed E-state index contributed by atoms with van der Waals surface area (Å²) in [4.78, 5) is 6.49. The summed E-state index contributed by atoms with van der Waals surface area (Å²) in [6.07, 6.45) is 0. The first-order valence-electron chi connectivity index (χ1n) is 8.13. The highest BCUT2D eigenvalue weighted by Gasteiger charge is 2.18. The van der Waals surface area contributed by atoms with E-state index in [9.17, 15) is 5.11 Å². The van der Waals surface area contributed by atoms with Gasteiger partial charge in [-0.25, -0.2) is 0 Å². The number of hydrogen-bond acceptors (Lipinski definition) is 5. The van der Waals surface area contributed by atoms with Gasteiger partial charge in [0.05, 0.1) is 17.3 Å². The minimum atomic E-state index is 0.242. The molecule has 0 bridgehead atoms. The molecule has 1 N–H and O–H groups in total. The van der Waals surface area contributed by atoms with Crippen LogP contribution in [-0.4, -0.2) is 26.8 Å². The first kappa shape index (κ1) is 16.5. The van der Waals surface area contributed by atoms with Crippen LogP contribution in [0.2, 0.25) is 5.02 Å². The van der Waals surface area contributed by atoms with Gasteiger partial charge in [-0.1, -0.05) is 23.7 Å². The van der Waals surface area contributed by atoms with Gasteiger partial charge in [0.15, 0.2) is 5.82 Å². The first-order chi connectivity index (χ1) is 12.5. The zero-order chi connectivity index (χ0) is 18.3. The predicted molar refractivity (Wildman–Crippen MR) is 101 cm³/mol. The monoisotopic (exact) mass is 368 g/mol. The Morgan fingerprint density at radius 3 is 2.58 bits per heavy atom. The Labute approximate surface area is 155 Å². The number of phenols is 1. The fraction of sp³-hybridized carbons (Fsp3) is 0.158. The lowest BCUT2D eigenvalue weighted by molar-refractivity contribution is 0.475. The molecule has 2 heterocycles. The fourth-order valence-electron chi connectivity index (χ4n) is 2.80. The van der Waals surface area contributed by atoms with Gasteiger partial charge in [0, 0.05) is 18.3 Å². The number of fused-ring (bicyclic) bond motifs is 1. The number of aryl methyl sites for hydroxylation is 1. The Hall–Kier alpha value is -2.99. The summed E-state index contributed by atoms with van der Waals surface area (Å²) in [5, 5.41) is 14.5. The summed E-state index contributed by atoms with van der Waals surface area (Å²) in [7, 11) is 1.96.